The minimum absolute atomic E-state index is 0.0261. The summed E-state index contributed by atoms with van der Waals surface area (Å²) in [4.78, 5) is 43.6. The van der Waals surface area contributed by atoms with Crippen molar-refractivity contribution in [3.63, 3.8) is 0 Å². The number of piperazine rings is 1. The van der Waals surface area contributed by atoms with Crippen LogP contribution in [0.3, 0.4) is 0 Å². The summed E-state index contributed by atoms with van der Waals surface area (Å²) in [6, 6.07) is 14.7. The summed E-state index contributed by atoms with van der Waals surface area (Å²) in [5, 5.41) is 2.94. The molecule has 1 fully saturated rings. The molecule has 2 aromatic heterocycles. The number of anilines is 1. The van der Waals surface area contributed by atoms with Crippen molar-refractivity contribution in [2.75, 3.05) is 31.3 Å². The van der Waals surface area contributed by atoms with Crippen molar-refractivity contribution in [3.8, 4) is 23.1 Å². The molecule has 0 radical (unpaired) electrons. The van der Waals surface area contributed by atoms with Gasteiger partial charge in [-0.25, -0.2) is 15.0 Å². The second kappa shape index (κ2) is 12.4. The third-order valence-electron chi connectivity index (χ3n) is 7.45. The molecule has 12 heteroatoms. The van der Waals surface area contributed by atoms with E-state index in [-0.39, 0.29) is 37.5 Å². The van der Waals surface area contributed by atoms with E-state index in [1.54, 1.807) is 30.2 Å². The van der Waals surface area contributed by atoms with E-state index in [9.17, 15) is 9.59 Å². The van der Waals surface area contributed by atoms with Crippen molar-refractivity contribution >= 4 is 17.6 Å². The maximum atomic E-state index is 13.4. The molecule has 0 spiro atoms. The highest BCUT2D eigenvalue weighted by molar-refractivity contribution is 5.80. The molecule has 1 N–H and O–H groups in total. The highest BCUT2D eigenvalue weighted by Crippen LogP contribution is 2.33. The third kappa shape index (κ3) is 6.69. The number of amides is 2. The van der Waals surface area contributed by atoms with Crippen molar-refractivity contribution in [2.24, 2.45) is 0 Å². The van der Waals surface area contributed by atoms with Crippen molar-refractivity contribution in [2.45, 2.75) is 39.0 Å². The molecule has 6 rings (SSSR count). The highest BCUT2D eigenvalue weighted by atomic mass is 16.7. The summed E-state index contributed by atoms with van der Waals surface area (Å²) in [6.45, 7) is 5.32. The number of fused-ring (bicyclic) bond motifs is 1. The minimum atomic E-state index is -0.539. The quantitative estimate of drug-likeness (QED) is 0.296. The van der Waals surface area contributed by atoms with Gasteiger partial charge in [-0.2, -0.15) is 0 Å². The molecule has 1 saturated heterocycles. The zero-order valence-electron chi connectivity index (χ0n) is 24.1. The van der Waals surface area contributed by atoms with Crippen LogP contribution in [0, 0.1) is 6.92 Å². The van der Waals surface area contributed by atoms with Crippen LogP contribution in [0.2, 0.25) is 0 Å². The molecule has 0 aliphatic carbocycles. The molecular formula is C31H33N7O5. The van der Waals surface area contributed by atoms with Crippen LogP contribution in [0.25, 0.3) is 5.82 Å². The Morgan fingerprint density at radius 2 is 1.86 bits per heavy atom. The summed E-state index contributed by atoms with van der Waals surface area (Å²) < 4.78 is 18.6. The first-order valence-corrected chi connectivity index (χ1v) is 14.2. The number of nitrogens with zero attached hydrogens (tertiary/aromatic N) is 6. The number of aryl methyl sites for hydroxylation is 1. The number of rotatable bonds is 9. The lowest BCUT2D eigenvalue weighted by Gasteiger charge is -2.42. The van der Waals surface area contributed by atoms with Crippen LogP contribution < -0.4 is 24.4 Å². The van der Waals surface area contributed by atoms with E-state index in [2.05, 4.69) is 25.2 Å². The molecule has 222 valence electrons. The Bertz CT molecular complexity index is 1580. The van der Waals surface area contributed by atoms with Crippen LogP contribution in [-0.2, 0) is 16.0 Å². The van der Waals surface area contributed by atoms with Gasteiger partial charge in [0.1, 0.15) is 30.0 Å². The maximum absolute atomic E-state index is 13.4. The molecule has 2 amide bonds. The Morgan fingerprint density at radius 3 is 2.67 bits per heavy atom. The largest absolute Gasteiger partial charge is 0.471 e. The van der Waals surface area contributed by atoms with E-state index in [1.165, 1.54) is 6.33 Å². The van der Waals surface area contributed by atoms with E-state index in [0.717, 1.165) is 11.1 Å². The van der Waals surface area contributed by atoms with E-state index < -0.39 is 6.23 Å². The lowest BCUT2D eigenvalue weighted by atomic mass is 10.1. The number of carbonyl (C=O) groups is 2. The van der Waals surface area contributed by atoms with Crippen LogP contribution in [-0.4, -0.2) is 74.9 Å². The van der Waals surface area contributed by atoms with Crippen LogP contribution in [0.5, 0.6) is 17.2 Å². The number of benzene rings is 2. The molecule has 43 heavy (non-hydrogen) atoms. The summed E-state index contributed by atoms with van der Waals surface area (Å²) >= 11 is 0. The fraction of sp³-hybridized carbons (Fsp3) is 0.323. The first kappa shape index (κ1) is 28.0. The van der Waals surface area contributed by atoms with Gasteiger partial charge in [-0.15, -0.1) is 0 Å². The van der Waals surface area contributed by atoms with Crippen molar-refractivity contribution < 1.29 is 23.8 Å². The molecule has 12 nitrogen and oxygen atoms in total. The smallest absolute Gasteiger partial charge is 0.231 e. The monoisotopic (exact) mass is 583 g/mol. The first-order chi connectivity index (χ1) is 20.9. The number of ether oxygens (including phenoxy) is 3. The standard InChI is InChI=1S/C31H33N7O5/c1-21-3-6-25(7-4-21)43-22(2)35-30(39)15-24-17-36(31(40)14-23-5-8-26-27(13-23)42-20-41-26)11-12-38(24)29-16-28(33-18-34-29)37-10-9-32-19-37/h3-10,13,16,18-19,22,24H,11-12,14-15,17,20H2,1-2H3,(H,35,39). The fourth-order valence-corrected chi connectivity index (χ4v) is 5.28. The predicted octanol–water partition coefficient (Wildman–Crippen LogP) is 2.89. The van der Waals surface area contributed by atoms with Gasteiger partial charge in [0.25, 0.3) is 0 Å². The normalized spacial score (nSPS) is 16.6. The zero-order valence-corrected chi connectivity index (χ0v) is 24.1. The van der Waals surface area contributed by atoms with Crippen LogP contribution in [0.1, 0.15) is 24.5 Å². The van der Waals surface area contributed by atoms with Crippen LogP contribution in [0.4, 0.5) is 5.82 Å². The Kier molecular flexibility index (Phi) is 8.07. The second-order valence-corrected chi connectivity index (χ2v) is 10.6. The molecule has 2 aromatic carbocycles. The maximum Gasteiger partial charge on any atom is 0.231 e. The Morgan fingerprint density at radius 1 is 1.05 bits per heavy atom. The second-order valence-electron chi connectivity index (χ2n) is 10.6. The Balaban J connectivity index is 1.16. The average molecular weight is 584 g/mol. The van der Waals surface area contributed by atoms with E-state index in [0.29, 0.717) is 48.5 Å². The number of hydrogen-bond donors (Lipinski definition) is 1. The molecule has 4 aromatic rings. The van der Waals surface area contributed by atoms with Gasteiger partial charge in [0.05, 0.1) is 12.5 Å². The van der Waals surface area contributed by atoms with E-state index in [4.69, 9.17) is 14.2 Å². The van der Waals surface area contributed by atoms with Crippen LogP contribution >= 0.6 is 0 Å². The molecule has 4 heterocycles. The first-order valence-electron chi connectivity index (χ1n) is 14.2. The van der Waals surface area contributed by atoms with Gasteiger partial charge in [-0.3, -0.25) is 14.2 Å². The van der Waals surface area contributed by atoms with Gasteiger partial charge >= 0.3 is 0 Å². The summed E-state index contributed by atoms with van der Waals surface area (Å²) in [5.41, 5.74) is 1.97. The summed E-state index contributed by atoms with van der Waals surface area (Å²) in [5.74, 6) is 3.10. The number of imidazole rings is 1. The zero-order chi connectivity index (χ0) is 29.8. The summed E-state index contributed by atoms with van der Waals surface area (Å²) in [6.07, 6.45) is 6.46. The minimum Gasteiger partial charge on any atom is -0.471 e. The highest BCUT2D eigenvalue weighted by Gasteiger charge is 2.33. The SMILES string of the molecule is Cc1ccc(OC(C)NC(=O)CC2CN(C(=O)Cc3ccc4c(c3)OCO4)CCN2c2cc(-n3ccnc3)ncn2)cc1. The lowest BCUT2D eigenvalue weighted by molar-refractivity contribution is -0.132. The van der Waals surface area contributed by atoms with Crippen LogP contribution in [0.15, 0.2) is 73.6 Å². The third-order valence-corrected chi connectivity index (χ3v) is 7.45. The Hall–Kier alpha value is -5.13. The molecular weight excluding hydrogens is 550 g/mol. The average Bonchev–Trinajstić information content (AvgIpc) is 3.71. The Labute approximate surface area is 249 Å². The lowest BCUT2D eigenvalue weighted by Crippen LogP contribution is -2.57. The predicted molar refractivity (Wildman–Crippen MR) is 157 cm³/mol. The van der Waals surface area contributed by atoms with Crippen molar-refractivity contribution in [1.29, 1.82) is 0 Å². The number of hydrogen-bond acceptors (Lipinski definition) is 9. The molecule has 2 aliphatic heterocycles. The van der Waals surface area contributed by atoms with E-state index >= 15 is 0 Å². The van der Waals surface area contributed by atoms with Gasteiger partial charge in [0, 0.05) is 44.5 Å². The topological polar surface area (TPSA) is 124 Å². The molecule has 2 atom stereocenters. The van der Waals surface area contributed by atoms with Gasteiger partial charge in [-0.1, -0.05) is 23.8 Å². The van der Waals surface area contributed by atoms with Crippen molar-refractivity contribution in [3.05, 3.63) is 84.7 Å². The number of carbonyl (C=O) groups excluding carboxylic acids is 2. The molecule has 0 saturated carbocycles. The van der Waals surface area contributed by atoms with Crippen molar-refractivity contribution in [1.82, 2.24) is 29.7 Å². The molecule has 0 bridgehead atoms. The number of nitrogens with one attached hydrogen (secondary N) is 1. The summed E-state index contributed by atoms with van der Waals surface area (Å²) in [7, 11) is 0. The van der Waals surface area contributed by atoms with E-state index in [1.807, 2.05) is 60.4 Å². The molecule has 2 aliphatic rings. The fourth-order valence-electron chi connectivity index (χ4n) is 5.28. The van der Waals surface area contributed by atoms with Gasteiger partial charge in [0.15, 0.2) is 17.7 Å². The van der Waals surface area contributed by atoms with Gasteiger partial charge in [-0.05, 0) is 43.7 Å². The van der Waals surface area contributed by atoms with Gasteiger partial charge < -0.3 is 29.3 Å². The number of aromatic nitrogens is 4. The molecule has 2 unspecified atom stereocenters. The van der Waals surface area contributed by atoms with Gasteiger partial charge in [0.2, 0.25) is 18.6 Å².